The van der Waals surface area contributed by atoms with E-state index in [9.17, 15) is 18.0 Å². The Morgan fingerprint density at radius 3 is 2.51 bits per heavy atom. The van der Waals surface area contributed by atoms with Crippen molar-refractivity contribution in [2.24, 2.45) is 0 Å². The van der Waals surface area contributed by atoms with Gasteiger partial charge in [-0.2, -0.15) is 13.2 Å². The van der Waals surface area contributed by atoms with Gasteiger partial charge < -0.3 is 25.6 Å². The Hall–Kier alpha value is -3.86. The van der Waals surface area contributed by atoms with E-state index in [4.69, 9.17) is 4.74 Å². The van der Waals surface area contributed by atoms with Gasteiger partial charge in [-0.3, -0.25) is 0 Å². The molecule has 2 amide bonds. The summed E-state index contributed by atoms with van der Waals surface area (Å²) in [5.74, 6) is 1.67. The molecule has 0 radical (unpaired) electrons. The molecule has 2 aromatic carbocycles. The highest BCUT2D eigenvalue weighted by Crippen LogP contribution is 2.33. The summed E-state index contributed by atoms with van der Waals surface area (Å²) in [6.07, 6.45) is -3.04. The van der Waals surface area contributed by atoms with E-state index in [1.807, 2.05) is 0 Å². The van der Waals surface area contributed by atoms with E-state index in [1.165, 1.54) is 25.4 Å². The maximum atomic E-state index is 13.1. The molecule has 184 valence electrons. The van der Waals surface area contributed by atoms with Crippen LogP contribution in [-0.4, -0.2) is 41.7 Å². The third-order valence-electron chi connectivity index (χ3n) is 5.56. The second kappa shape index (κ2) is 10.2. The minimum absolute atomic E-state index is 0.0405. The minimum Gasteiger partial charge on any atom is -0.439 e. The van der Waals surface area contributed by atoms with Crippen LogP contribution in [0, 0.1) is 6.92 Å². The molecule has 11 heteroatoms. The van der Waals surface area contributed by atoms with Crippen molar-refractivity contribution in [1.82, 2.24) is 15.3 Å². The first-order valence-corrected chi connectivity index (χ1v) is 11.0. The third-order valence-corrected chi connectivity index (χ3v) is 5.56. The summed E-state index contributed by atoms with van der Waals surface area (Å²) in [6, 6.07) is 11.6. The molecule has 0 bridgehead atoms. The molecule has 1 saturated heterocycles. The minimum atomic E-state index is -4.50. The van der Waals surface area contributed by atoms with E-state index >= 15 is 0 Å². The molecule has 8 nitrogen and oxygen atoms in total. The molecule has 1 aliphatic rings. The predicted octanol–water partition coefficient (Wildman–Crippen LogP) is 5.04. The zero-order valence-electron chi connectivity index (χ0n) is 19.2. The van der Waals surface area contributed by atoms with Crippen LogP contribution in [0.3, 0.4) is 0 Å². The monoisotopic (exact) mass is 486 g/mol. The molecule has 4 rings (SSSR count). The lowest BCUT2D eigenvalue weighted by Crippen LogP contribution is -2.50. The highest BCUT2D eigenvalue weighted by atomic mass is 19.4. The number of nitrogens with one attached hydrogen (secondary N) is 3. The predicted molar refractivity (Wildman–Crippen MR) is 127 cm³/mol. The number of ether oxygens (including phenoxy) is 1. The van der Waals surface area contributed by atoms with Gasteiger partial charge >= 0.3 is 12.2 Å². The maximum Gasteiger partial charge on any atom is 0.416 e. The Morgan fingerprint density at radius 2 is 1.80 bits per heavy atom. The number of nitrogens with zero attached hydrogens (tertiary/aromatic N) is 3. The van der Waals surface area contributed by atoms with E-state index < -0.39 is 17.8 Å². The van der Waals surface area contributed by atoms with Crippen LogP contribution in [0.2, 0.25) is 0 Å². The van der Waals surface area contributed by atoms with Gasteiger partial charge in [0.1, 0.15) is 17.9 Å². The van der Waals surface area contributed by atoms with Crippen molar-refractivity contribution in [3.63, 3.8) is 0 Å². The van der Waals surface area contributed by atoms with Gasteiger partial charge in [0, 0.05) is 43.1 Å². The van der Waals surface area contributed by atoms with Crippen molar-refractivity contribution in [2.75, 3.05) is 35.2 Å². The Kier molecular flexibility index (Phi) is 7.06. The number of halogens is 3. The second-order valence-corrected chi connectivity index (χ2v) is 8.19. The highest BCUT2D eigenvalue weighted by molar-refractivity contribution is 5.99. The first kappa shape index (κ1) is 24.3. The number of piperazine rings is 1. The molecule has 1 atom stereocenters. The van der Waals surface area contributed by atoms with Crippen molar-refractivity contribution in [1.29, 1.82) is 0 Å². The summed E-state index contributed by atoms with van der Waals surface area (Å²) in [4.78, 5) is 23.0. The molecule has 35 heavy (non-hydrogen) atoms. The normalized spacial score (nSPS) is 16.0. The molecular weight excluding hydrogens is 461 g/mol. The molecule has 3 N–H and O–H groups in total. The van der Waals surface area contributed by atoms with E-state index in [2.05, 4.69) is 37.7 Å². The van der Waals surface area contributed by atoms with Crippen LogP contribution in [0.1, 0.15) is 18.1 Å². The van der Waals surface area contributed by atoms with Gasteiger partial charge in [0.15, 0.2) is 0 Å². The lowest BCUT2D eigenvalue weighted by molar-refractivity contribution is -0.138. The van der Waals surface area contributed by atoms with Gasteiger partial charge in [0.05, 0.1) is 5.56 Å². The number of carbonyl (C=O) groups is 1. The highest BCUT2D eigenvalue weighted by Gasteiger charge is 2.32. The standard InChI is InChI=1S/C24H25F3N6O2/c1-15-3-4-18(11-20(15)24(25,26)27)32-23(34)31-17-5-7-19(8-6-17)35-22-12-21(29-14-30-22)33-10-9-28-13-16(33)2/h3-8,11-12,14,16,28H,9-10,13H2,1-2H3,(H2,31,32,34)/t16-/m0/s1. The van der Waals surface area contributed by atoms with Crippen LogP contribution in [0.25, 0.3) is 0 Å². The number of rotatable bonds is 5. The van der Waals surface area contributed by atoms with Gasteiger partial charge in [-0.1, -0.05) is 6.07 Å². The van der Waals surface area contributed by atoms with Gasteiger partial charge in [0.2, 0.25) is 5.88 Å². The van der Waals surface area contributed by atoms with Gasteiger partial charge in [0.25, 0.3) is 0 Å². The van der Waals surface area contributed by atoms with E-state index in [0.29, 0.717) is 23.4 Å². The van der Waals surface area contributed by atoms with Crippen molar-refractivity contribution in [3.05, 3.63) is 66.0 Å². The average molecular weight is 486 g/mol. The zero-order chi connectivity index (χ0) is 25.0. The number of hydrogen-bond donors (Lipinski definition) is 3. The second-order valence-electron chi connectivity index (χ2n) is 8.19. The molecule has 1 fully saturated rings. The SMILES string of the molecule is Cc1ccc(NC(=O)Nc2ccc(Oc3cc(N4CCNC[C@@H]4C)ncn3)cc2)cc1C(F)(F)F. The lowest BCUT2D eigenvalue weighted by atomic mass is 10.1. The smallest absolute Gasteiger partial charge is 0.416 e. The summed E-state index contributed by atoms with van der Waals surface area (Å²) in [7, 11) is 0. The molecule has 1 aliphatic heterocycles. The average Bonchev–Trinajstić information content (AvgIpc) is 2.81. The van der Waals surface area contributed by atoms with Crippen molar-refractivity contribution < 1.29 is 22.7 Å². The zero-order valence-corrected chi connectivity index (χ0v) is 19.2. The lowest BCUT2D eigenvalue weighted by Gasteiger charge is -2.34. The Bertz CT molecular complexity index is 1190. The number of alkyl halides is 3. The number of carbonyl (C=O) groups excluding carboxylic acids is 1. The van der Waals surface area contributed by atoms with Crippen LogP contribution >= 0.6 is 0 Å². The maximum absolute atomic E-state index is 13.1. The Labute approximate surface area is 200 Å². The molecule has 0 spiro atoms. The molecule has 0 saturated carbocycles. The van der Waals surface area contributed by atoms with Crippen LogP contribution < -0.4 is 25.6 Å². The van der Waals surface area contributed by atoms with Crippen molar-refractivity contribution in [3.8, 4) is 11.6 Å². The van der Waals surface area contributed by atoms with Gasteiger partial charge in [-0.25, -0.2) is 14.8 Å². The van der Waals surface area contributed by atoms with Crippen LogP contribution in [0.5, 0.6) is 11.6 Å². The van der Waals surface area contributed by atoms with Gasteiger partial charge in [-0.15, -0.1) is 0 Å². The summed E-state index contributed by atoms with van der Waals surface area (Å²) < 4.78 is 45.1. The number of anilines is 3. The first-order chi connectivity index (χ1) is 16.7. The fourth-order valence-electron chi connectivity index (χ4n) is 3.75. The third kappa shape index (κ3) is 6.18. The number of hydrogen-bond acceptors (Lipinski definition) is 6. The van der Waals surface area contributed by atoms with Crippen molar-refractivity contribution >= 4 is 23.2 Å². The van der Waals surface area contributed by atoms with Crippen LogP contribution in [0.15, 0.2) is 54.9 Å². The molecule has 1 aromatic heterocycles. The number of benzene rings is 2. The molecule has 3 aromatic rings. The van der Waals surface area contributed by atoms with Crippen molar-refractivity contribution in [2.45, 2.75) is 26.1 Å². The Morgan fingerprint density at radius 1 is 1.09 bits per heavy atom. The largest absolute Gasteiger partial charge is 0.439 e. The number of urea groups is 1. The Balaban J connectivity index is 1.37. The number of amides is 2. The summed E-state index contributed by atoms with van der Waals surface area (Å²) in [6.45, 7) is 6.06. The molecular formula is C24H25F3N6O2. The summed E-state index contributed by atoms with van der Waals surface area (Å²) >= 11 is 0. The van der Waals surface area contributed by atoms with E-state index in [-0.39, 0.29) is 11.3 Å². The molecule has 0 aliphatic carbocycles. The van der Waals surface area contributed by atoms with E-state index in [0.717, 1.165) is 31.5 Å². The summed E-state index contributed by atoms with van der Waals surface area (Å²) in [5, 5.41) is 8.34. The fraction of sp³-hybridized carbons (Fsp3) is 0.292. The number of aryl methyl sites for hydroxylation is 1. The molecule has 0 unspecified atom stereocenters. The number of aromatic nitrogens is 2. The first-order valence-electron chi connectivity index (χ1n) is 11.0. The fourth-order valence-corrected chi connectivity index (χ4v) is 3.75. The van der Waals surface area contributed by atoms with Gasteiger partial charge in [-0.05, 0) is 55.8 Å². The van der Waals surface area contributed by atoms with E-state index in [1.54, 1.807) is 30.3 Å². The quantitative estimate of drug-likeness (QED) is 0.468. The summed E-state index contributed by atoms with van der Waals surface area (Å²) in [5.41, 5.74) is -0.233. The van der Waals surface area contributed by atoms with Crippen LogP contribution in [0.4, 0.5) is 35.2 Å². The topological polar surface area (TPSA) is 91.4 Å². The molecule has 2 heterocycles. The van der Waals surface area contributed by atoms with Crippen LogP contribution in [-0.2, 0) is 6.18 Å².